The molecule has 0 heterocycles. The minimum Gasteiger partial charge on any atom is -0.481 e. The monoisotopic (exact) mass is 270 g/mol. The molecule has 1 rings (SSSR count). The van der Waals surface area contributed by atoms with Crippen LogP contribution in [0.5, 0.6) is 0 Å². The third kappa shape index (κ3) is 3.73. The highest BCUT2D eigenvalue weighted by Gasteiger charge is 2.18. The molecule has 0 aliphatic rings. The average molecular weight is 270 g/mol. The average Bonchev–Trinajstić information content (AvgIpc) is 2.35. The van der Waals surface area contributed by atoms with E-state index in [2.05, 4.69) is 5.32 Å². The maximum absolute atomic E-state index is 13.1. The van der Waals surface area contributed by atoms with Crippen molar-refractivity contribution in [3.8, 4) is 0 Å². The van der Waals surface area contributed by atoms with E-state index in [9.17, 15) is 24.1 Å². The number of nitrogens with zero attached hydrogens (tertiary/aromatic N) is 1. The van der Waals surface area contributed by atoms with Crippen LogP contribution in [0.2, 0.25) is 0 Å². The van der Waals surface area contributed by atoms with Gasteiger partial charge in [0.2, 0.25) is 5.82 Å². The Balaban J connectivity index is 2.80. The van der Waals surface area contributed by atoms with Gasteiger partial charge in [0.05, 0.1) is 10.8 Å². The van der Waals surface area contributed by atoms with E-state index < -0.39 is 34.2 Å². The van der Waals surface area contributed by atoms with Crippen molar-refractivity contribution in [3.05, 3.63) is 39.7 Å². The maximum Gasteiger partial charge on any atom is 0.308 e. The molecule has 7 nitrogen and oxygen atoms in total. The number of nitro benzene ring substituents is 1. The van der Waals surface area contributed by atoms with Gasteiger partial charge < -0.3 is 10.4 Å². The third-order valence-electron chi connectivity index (χ3n) is 2.40. The Morgan fingerprint density at radius 1 is 1.53 bits per heavy atom. The molecule has 1 aromatic carbocycles. The van der Waals surface area contributed by atoms with Crippen LogP contribution < -0.4 is 5.32 Å². The van der Waals surface area contributed by atoms with Crippen molar-refractivity contribution in [1.29, 1.82) is 0 Å². The van der Waals surface area contributed by atoms with Gasteiger partial charge in [-0.1, -0.05) is 6.92 Å². The molecule has 0 aliphatic carbocycles. The molecule has 0 aromatic heterocycles. The molecular formula is C11H11FN2O5. The van der Waals surface area contributed by atoms with E-state index in [-0.39, 0.29) is 12.1 Å². The van der Waals surface area contributed by atoms with E-state index in [4.69, 9.17) is 5.11 Å². The molecule has 0 aliphatic heterocycles. The predicted octanol–water partition coefficient (Wildman–Crippen LogP) is 1.18. The molecule has 1 atom stereocenters. The lowest BCUT2D eigenvalue weighted by molar-refractivity contribution is -0.387. The largest absolute Gasteiger partial charge is 0.481 e. The van der Waals surface area contributed by atoms with Crippen LogP contribution in [0.15, 0.2) is 18.2 Å². The molecule has 1 aromatic rings. The zero-order valence-electron chi connectivity index (χ0n) is 9.92. The van der Waals surface area contributed by atoms with Gasteiger partial charge >= 0.3 is 11.7 Å². The summed E-state index contributed by atoms with van der Waals surface area (Å²) in [5.41, 5.74) is -0.912. The second-order valence-corrected chi connectivity index (χ2v) is 3.87. The number of halogens is 1. The van der Waals surface area contributed by atoms with Gasteiger partial charge in [-0.05, 0) is 12.1 Å². The Bertz CT molecular complexity index is 532. The predicted molar refractivity (Wildman–Crippen MR) is 62.2 cm³/mol. The van der Waals surface area contributed by atoms with E-state index in [1.807, 2.05) is 0 Å². The van der Waals surface area contributed by atoms with E-state index in [1.165, 1.54) is 6.92 Å². The van der Waals surface area contributed by atoms with Crippen LogP contribution in [-0.4, -0.2) is 28.5 Å². The summed E-state index contributed by atoms with van der Waals surface area (Å²) in [4.78, 5) is 31.7. The number of carbonyl (C=O) groups excluding carboxylic acids is 1. The number of benzene rings is 1. The van der Waals surface area contributed by atoms with Crippen molar-refractivity contribution in [1.82, 2.24) is 5.32 Å². The lowest BCUT2D eigenvalue weighted by atomic mass is 10.1. The van der Waals surface area contributed by atoms with Gasteiger partial charge in [-0.2, -0.15) is 4.39 Å². The number of aliphatic carboxylic acids is 1. The van der Waals surface area contributed by atoms with Crippen LogP contribution in [0.3, 0.4) is 0 Å². The summed E-state index contributed by atoms with van der Waals surface area (Å²) < 4.78 is 13.1. The highest BCUT2D eigenvalue weighted by Crippen LogP contribution is 2.18. The van der Waals surface area contributed by atoms with Crippen molar-refractivity contribution in [2.24, 2.45) is 5.92 Å². The zero-order chi connectivity index (χ0) is 14.6. The molecule has 1 unspecified atom stereocenters. The van der Waals surface area contributed by atoms with Gasteiger partial charge in [-0.15, -0.1) is 0 Å². The van der Waals surface area contributed by atoms with E-state index in [0.717, 1.165) is 18.2 Å². The molecule has 19 heavy (non-hydrogen) atoms. The SMILES string of the molecule is CC(CNC(=O)c1ccc(F)c([N+](=O)[O-])c1)C(=O)O. The van der Waals surface area contributed by atoms with Crippen LogP contribution in [0.1, 0.15) is 17.3 Å². The number of hydrogen-bond donors (Lipinski definition) is 2. The normalized spacial score (nSPS) is 11.7. The van der Waals surface area contributed by atoms with Crippen LogP contribution >= 0.6 is 0 Å². The summed E-state index contributed by atoms with van der Waals surface area (Å²) in [7, 11) is 0. The molecular weight excluding hydrogens is 259 g/mol. The smallest absolute Gasteiger partial charge is 0.308 e. The van der Waals surface area contributed by atoms with Gasteiger partial charge in [0.15, 0.2) is 0 Å². The van der Waals surface area contributed by atoms with Crippen molar-refractivity contribution >= 4 is 17.6 Å². The van der Waals surface area contributed by atoms with Gasteiger partial charge in [0.25, 0.3) is 5.91 Å². The summed E-state index contributed by atoms with van der Waals surface area (Å²) in [6.07, 6.45) is 0. The third-order valence-corrected chi connectivity index (χ3v) is 2.40. The lowest BCUT2D eigenvalue weighted by Gasteiger charge is -2.08. The zero-order valence-corrected chi connectivity index (χ0v) is 9.92. The first-order chi connectivity index (χ1) is 8.82. The van der Waals surface area contributed by atoms with Crippen molar-refractivity contribution < 1.29 is 24.0 Å². The summed E-state index contributed by atoms with van der Waals surface area (Å²) in [5, 5.41) is 21.4. The summed E-state index contributed by atoms with van der Waals surface area (Å²) in [6, 6.07) is 2.70. The topological polar surface area (TPSA) is 110 Å². The highest BCUT2D eigenvalue weighted by atomic mass is 19.1. The van der Waals surface area contributed by atoms with Crippen molar-refractivity contribution in [2.75, 3.05) is 6.54 Å². The number of nitro groups is 1. The van der Waals surface area contributed by atoms with Gasteiger partial charge in [-0.25, -0.2) is 0 Å². The Hall–Kier alpha value is -2.51. The standard InChI is InChI=1S/C11H11FN2O5/c1-6(11(16)17)5-13-10(15)7-2-3-8(12)9(4-7)14(18)19/h2-4,6H,5H2,1H3,(H,13,15)(H,16,17). The van der Waals surface area contributed by atoms with Gasteiger partial charge in [-0.3, -0.25) is 19.7 Å². The molecule has 8 heteroatoms. The quantitative estimate of drug-likeness (QED) is 0.616. The Labute approximate surface area is 107 Å². The lowest BCUT2D eigenvalue weighted by Crippen LogP contribution is -2.31. The van der Waals surface area contributed by atoms with Crippen LogP contribution in [-0.2, 0) is 4.79 Å². The highest BCUT2D eigenvalue weighted by molar-refractivity contribution is 5.95. The Morgan fingerprint density at radius 3 is 2.68 bits per heavy atom. The molecule has 2 N–H and O–H groups in total. The number of carbonyl (C=O) groups is 2. The molecule has 1 amide bonds. The molecule has 0 saturated heterocycles. The number of hydrogen-bond acceptors (Lipinski definition) is 4. The van der Waals surface area contributed by atoms with E-state index in [1.54, 1.807) is 0 Å². The van der Waals surface area contributed by atoms with Crippen LogP contribution in [0.25, 0.3) is 0 Å². The minimum atomic E-state index is -1.08. The van der Waals surface area contributed by atoms with Crippen LogP contribution in [0.4, 0.5) is 10.1 Å². The number of carboxylic acid groups (broad SMARTS) is 1. The molecule has 0 spiro atoms. The fourth-order valence-corrected chi connectivity index (χ4v) is 1.23. The van der Waals surface area contributed by atoms with Crippen molar-refractivity contribution in [2.45, 2.75) is 6.92 Å². The fraction of sp³-hybridized carbons (Fsp3) is 0.273. The Morgan fingerprint density at radius 2 is 2.16 bits per heavy atom. The minimum absolute atomic E-state index is 0.106. The first kappa shape index (κ1) is 14.6. The molecule has 0 bridgehead atoms. The van der Waals surface area contributed by atoms with E-state index >= 15 is 0 Å². The first-order valence-corrected chi connectivity index (χ1v) is 5.28. The Kier molecular flexibility index (Phi) is 4.51. The first-order valence-electron chi connectivity index (χ1n) is 5.28. The number of amides is 1. The molecule has 102 valence electrons. The van der Waals surface area contributed by atoms with Crippen molar-refractivity contribution in [3.63, 3.8) is 0 Å². The molecule has 0 saturated carbocycles. The summed E-state index contributed by atoms with van der Waals surface area (Å²) >= 11 is 0. The van der Waals surface area contributed by atoms with E-state index in [0.29, 0.717) is 0 Å². The molecule has 0 fully saturated rings. The number of nitrogens with one attached hydrogen (secondary N) is 1. The number of rotatable bonds is 5. The summed E-state index contributed by atoms with van der Waals surface area (Å²) in [6.45, 7) is 1.27. The molecule has 0 radical (unpaired) electrons. The number of carboxylic acids is 1. The second-order valence-electron chi connectivity index (χ2n) is 3.87. The van der Waals surface area contributed by atoms with Crippen LogP contribution in [0, 0.1) is 21.8 Å². The fourth-order valence-electron chi connectivity index (χ4n) is 1.23. The second kappa shape index (κ2) is 5.89. The van der Waals surface area contributed by atoms with Gasteiger partial charge in [0.1, 0.15) is 0 Å². The van der Waals surface area contributed by atoms with Gasteiger partial charge in [0, 0.05) is 18.2 Å². The summed E-state index contributed by atoms with van der Waals surface area (Å²) in [5.74, 6) is -3.61. The maximum atomic E-state index is 13.1.